The average Bonchev–Trinajstić information content (AvgIpc) is 2.71. The molecule has 5 heteroatoms. The van der Waals surface area contributed by atoms with Crippen molar-refractivity contribution in [3.63, 3.8) is 0 Å². The summed E-state index contributed by atoms with van der Waals surface area (Å²) in [4.78, 5) is 12.0. The van der Waals surface area contributed by atoms with Gasteiger partial charge in [0.2, 0.25) is 5.78 Å². The van der Waals surface area contributed by atoms with E-state index in [2.05, 4.69) is 10.2 Å². The zero-order chi connectivity index (χ0) is 11.0. The van der Waals surface area contributed by atoms with E-state index >= 15 is 0 Å². The van der Waals surface area contributed by atoms with E-state index in [9.17, 15) is 4.79 Å². The molecule has 2 aromatic rings. The van der Waals surface area contributed by atoms with Gasteiger partial charge < -0.3 is 0 Å². The fourth-order valence-electron chi connectivity index (χ4n) is 1.49. The predicted molar refractivity (Wildman–Crippen MR) is 54.6 cm³/mol. The second kappa shape index (κ2) is 3.34. The molecule has 0 aliphatic heterocycles. The lowest BCUT2D eigenvalue weighted by Crippen LogP contribution is -2.09. The first kappa shape index (κ1) is 9.64. The van der Waals surface area contributed by atoms with Crippen LogP contribution in [-0.4, -0.2) is 25.3 Å². The zero-order valence-electron chi connectivity index (χ0n) is 8.93. The first-order valence-corrected chi connectivity index (χ1v) is 4.63. The topological polar surface area (TPSA) is 52.7 Å². The molecular weight excluding hydrogens is 192 g/mol. The van der Waals surface area contributed by atoms with Crippen LogP contribution in [-0.2, 0) is 14.1 Å². The molecule has 2 rings (SSSR count). The molecule has 0 unspecified atom stereocenters. The van der Waals surface area contributed by atoms with E-state index in [1.165, 1.54) is 0 Å². The van der Waals surface area contributed by atoms with Crippen LogP contribution in [0.5, 0.6) is 0 Å². The minimum absolute atomic E-state index is 0.0984. The third kappa shape index (κ3) is 1.68. The van der Waals surface area contributed by atoms with E-state index < -0.39 is 0 Å². The van der Waals surface area contributed by atoms with Crippen LogP contribution >= 0.6 is 0 Å². The summed E-state index contributed by atoms with van der Waals surface area (Å²) in [5.41, 5.74) is 1.84. The molecule has 2 aromatic heterocycles. The smallest absolute Gasteiger partial charge is 0.231 e. The predicted octanol–water partition coefficient (Wildman–Crippen LogP) is 0.693. The van der Waals surface area contributed by atoms with Gasteiger partial charge in [-0.25, -0.2) is 0 Å². The molecule has 5 nitrogen and oxygen atoms in total. The van der Waals surface area contributed by atoms with E-state index in [-0.39, 0.29) is 5.78 Å². The molecule has 0 amide bonds. The van der Waals surface area contributed by atoms with Crippen LogP contribution in [0.25, 0.3) is 0 Å². The molecule has 0 spiro atoms. The van der Waals surface area contributed by atoms with Gasteiger partial charge in [-0.1, -0.05) is 0 Å². The third-order valence-electron chi connectivity index (χ3n) is 2.18. The quantitative estimate of drug-likeness (QED) is 0.676. The number of ketones is 1. The van der Waals surface area contributed by atoms with E-state index in [1.807, 2.05) is 6.92 Å². The maximum Gasteiger partial charge on any atom is 0.231 e. The highest BCUT2D eigenvalue weighted by Crippen LogP contribution is 2.08. The Morgan fingerprint density at radius 2 is 2.07 bits per heavy atom. The Morgan fingerprint density at radius 3 is 2.53 bits per heavy atom. The third-order valence-corrected chi connectivity index (χ3v) is 2.18. The van der Waals surface area contributed by atoms with Gasteiger partial charge in [-0.15, -0.1) is 0 Å². The van der Waals surface area contributed by atoms with Crippen molar-refractivity contribution in [2.75, 3.05) is 0 Å². The Hall–Kier alpha value is -1.91. The molecule has 0 radical (unpaired) electrons. The maximum atomic E-state index is 12.0. The number of nitrogens with zero attached hydrogens (tertiary/aromatic N) is 4. The van der Waals surface area contributed by atoms with Gasteiger partial charge in [0.1, 0.15) is 11.4 Å². The van der Waals surface area contributed by atoms with Gasteiger partial charge in [0.25, 0.3) is 0 Å². The normalized spacial score (nSPS) is 10.6. The fraction of sp³-hybridized carbons (Fsp3) is 0.300. The fourth-order valence-corrected chi connectivity index (χ4v) is 1.49. The molecule has 0 aliphatic rings. The highest BCUT2D eigenvalue weighted by Gasteiger charge is 2.16. The highest BCUT2D eigenvalue weighted by atomic mass is 16.1. The molecule has 0 aliphatic carbocycles. The second-order valence-electron chi connectivity index (χ2n) is 3.50. The molecule has 0 bridgehead atoms. The van der Waals surface area contributed by atoms with E-state index in [0.29, 0.717) is 11.4 Å². The zero-order valence-corrected chi connectivity index (χ0v) is 8.93. The molecule has 0 fully saturated rings. The number of aromatic nitrogens is 4. The van der Waals surface area contributed by atoms with Crippen LogP contribution < -0.4 is 0 Å². The molecule has 0 aromatic carbocycles. The van der Waals surface area contributed by atoms with Crippen molar-refractivity contribution in [2.24, 2.45) is 14.1 Å². The number of aryl methyl sites for hydroxylation is 3. The molecule has 0 N–H and O–H groups in total. The van der Waals surface area contributed by atoms with Crippen molar-refractivity contribution in [3.05, 3.63) is 35.4 Å². The lowest BCUT2D eigenvalue weighted by Gasteiger charge is -1.96. The second-order valence-corrected chi connectivity index (χ2v) is 3.50. The minimum atomic E-state index is -0.0984. The molecule has 0 atom stereocenters. The number of rotatable bonds is 2. The number of carbonyl (C=O) groups excluding carboxylic acids is 1. The van der Waals surface area contributed by atoms with Gasteiger partial charge in [0.15, 0.2) is 0 Å². The maximum absolute atomic E-state index is 12.0. The summed E-state index contributed by atoms with van der Waals surface area (Å²) in [6, 6.07) is 3.46. The summed E-state index contributed by atoms with van der Waals surface area (Å²) in [6.45, 7) is 1.86. The van der Waals surface area contributed by atoms with E-state index in [1.54, 1.807) is 41.8 Å². The van der Waals surface area contributed by atoms with Crippen LogP contribution in [0.2, 0.25) is 0 Å². The molecule has 15 heavy (non-hydrogen) atoms. The summed E-state index contributed by atoms with van der Waals surface area (Å²) in [7, 11) is 3.54. The van der Waals surface area contributed by atoms with Crippen LogP contribution in [0, 0.1) is 6.92 Å². The van der Waals surface area contributed by atoms with Gasteiger partial charge >= 0.3 is 0 Å². The number of hydrogen-bond donors (Lipinski definition) is 0. The van der Waals surface area contributed by atoms with E-state index in [4.69, 9.17) is 0 Å². The average molecular weight is 204 g/mol. The number of hydrogen-bond acceptors (Lipinski definition) is 3. The van der Waals surface area contributed by atoms with E-state index in [0.717, 1.165) is 5.69 Å². The summed E-state index contributed by atoms with van der Waals surface area (Å²) in [6.07, 6.45) is 1.75. The Kier molecular flexibility index (Phi) is 2.15. The Morgan fingerprint density at radius 1 is 1.33 bits per heavy atom. The van der Waals surface area contributed by atoms with Gasteiger partial charge in [0, 0.05) is 20.3 Å². The summed E-state index contributed by atoms with van der Waals surface area (Å²) >= 11 is 0. The van der Waals surface area contributed by atoms with Crippen LogP contribution in [0.3, 0.4) is 0 Å². The Labute approximate surface area is 87.3 Å². The molecule has 0 saturated heterocycles. The Bertz CT molecular complexity index is 509. The minimum Gasteiger partial charge on any atom is -0.285 e. The molecule has 78 valence electrons. The van der Waals surface area contributed by atoms with Crippen LogP contribution in [0.1, 0.15) is 21.9 Å². The van der Waals surface area contributed by atoms with Crippen LogP contribution in [0.15, 0.2) is 18.3 Å². The summed E-state index contributed by atoms with van der Waals surface area (Å²) in [5, 5.41) is 8.19. The van der Waals surface area contributed by atoms with Crippen molar-refractivity contribution in [1.29, 1.82) is 0 Å². The van der Waals surface area contributed by atoms with Crippen LogP contribution in [0.4, 0.5) is 0 Å². The summed E-state index contributed by atoms with van der Waals surface area (Å²) in [5.74, 6) is -0.0984. The van der Waals surface area contributed by atoms with Gasteiger partial charge in [0.05, 0.1) is 5.69 Å². The standard InChI is InChI=1S/C10H12N4O/c1-7-6-9(14(3)11-7)10(15)8-4-5-13(2)12-8/h4-6H,1-3H3. The summed E-state index contributed by atoms with van der Waals surface area (Å²) < 4.78 is 3.18. The van der Waals surface area contributed by atoms with Crippen molar-refractivity contribution >= 4 is 5.78 Å². The lowest BCUT2D eigenvalue weighted by molar-refractivity contribution is 0.102. The Balaban J connectivity index is 2.40. The van der Waals surface area contributed by atoms with Gasteiger partial charge in [-0.05, 0) is 19.1 Å². The van der Waals surface area contributed by atoms with Crippen molar-refractivity contribution in [2.45, 2.75) is 6.92 Å². The monoisotopic (exact) mass is 204 g/mol. The van der Waals surface area contributed by atoms with Gasteiger partial charge in [-0.2, -0.15) is 10.2 Å². The highest BCUT2D eigenvalue weighted by molar-refractivity contribution is 6.06. The van der Waals surface area contributed by atoms with Crippen molar-refractivity contribution in [1.82, 2.24) is 19.6 Å². The molecule has 0 saturated carbocycles. The van der Waals surface area contributed by atoms with Crippen molar-refractivity contribution in [3.8, 4) is 0 Å². The largest absolute Gasteiger partial charge is 0.285 e. The SMILES string of the molecule is Cc1cc(C(=O)c2ccn(C)n2)n(C)n1. The first-order chi connectivity index (χ1) is 7.08. The first-order valence-electron chi connectivity index (χ1n) is 4.63. The molecular formula is C10H12N4O. The van der Waals surface area contributed by atoms with Crippen molar-refractivity contribution < 1.29 is 4.79 Å². The number of carbonyl (C=O) groups is 1. The van der Waals surface area contributed by atoms with Gasteiger partial charge in [-0.3, -0.25) is 14.2 Å². The molecule has 2 heterocycles. The lowest BCUT2D eigenvalue weighted by atomic mass is 10.2.